The molecule has 276 valence electrons. The molecule has 0 saturated carbocycles. The van der Waals surface area contributed by atoms with Gasteiger partial charge < -0.3 is 15.4 Å². The van der Waals surface area contributed by atoms with Crippen LogP contribution in [0.15, 0.2) is 61.2 Å². The highest BCUT2D eigenvalue weighted by atomic mass is 35.5. The minimum absolute atomic E-state index is 0.0373. The molecule has 3 atom stereocenters. The number of carbonyl (C=O) groups is 2. The number of nitrogens with zero attached hydrogens (tertiary/aromatic N) is 6. The SMILES string of the molecule is CC(NC(=O)OC[C@H](c1ccc(Cl)c(-n2ncnc2C(F)F)c1)N1C(=N)N[C@](CC(C)(C)C)(c2ccc(-c3ncccn3)cc2F)C1=O)C(F)(F)F. The second kappa shape index (κ2) is 14.4. The zero-order valence-electron chi connectivity index (χ0n) is 28.0. The summed E-state index contributed by atoms with van der Waals surface area (Å²) in [7, 11) is 0. The van der Waals surface area contributed by atoms with E-state index in [1.165, 1.54) is 42.7 Å². The molecule has 1 saturated heterocycles. The molecule has 12 nitrogen and oxygen atoms in total. The molecule has 1 unspecified atom stereocenters. The van der Waals surface area contributed by atoms with E-state index in [1.54, 1.807) is 32.2 Å². The molecule has 0 spiro atoms. The number of aromatic nitrogens is 5. The number of guanidine groups is 1. The summed E-state index contributed by atoms with van der Waals surface area (Å²) in [6, 6.07) is 5.65. The first kappa shape index (κ1) is 38.0. The topological polar surface area (TPSA) is 151 Å². The maximum Gasteiger partial charge on any atom is 0.408 e. The molecular weight excluding hydrogens is 720 g/mol. The maximum atomic E-state index is 16.2. The van der Waals surface area contributed by atoms with E-state index in [4.69, 9.17) is 21.7 Å². The van der Waals surface area contributed by atoms with Crippen LogP contribution in [-0.4, -0.2) is 66.4 Å². The van der Waals surface area contributed by atoms with Crippen molar-refractivity contribution in [2.24, 2.45) is 5.41 Å². The lowest BCUT2D eigenvalue weighted by molar-refractivity contribution is -0.150. The zero-order chi connectivity index (χ0) is 38.2. The van der Waals surface area contributed by atoms with Crippen LogP contribution in [-0.2, 0) is 15.1 Å². The van der Waals surface area contributed by atoms with Crippen molar-refractivity contribution in [3.05, 3.63) is 89.0 Å². The van der Waals surface area contributed by atoms with E-state index in [2.05, 4.69) is 25.4 Å². The molecule has 4 aromatic rings. The molecule has 3 heterocycles. The van der Waals surface area contributed by atoms with Gasteiger partial charge in [0, 0.05) is 23.5 Å². The van der Waals surface area contributed by atoms with Crippen molar-refractivity contribution in [2.75, 3.05) is 6.61 Å². The van der Waals surface area contributed by atoms with Gasteiger partial charge in [0.2, 0.25) is 0 Å². The summed E-state index contributed by atoms with van der Waals surface area (Å²) in [6.45, 7) is 5.22. The lowest BCUT2D eigenvalue weighted by Crippen LogP contribution is -2.48. The lowest BCUT2D eigenvalue weighted by Gasteiger charge is -2.35. The van der Waals surface area contributed by atoms with Crippen LogP contribution in [0.4, 0.5) is 31.1 Å². The van der Waals surface area contributed by atoms with Crippen molar-refractivity contribution in [1.29, 1.82) is 5.41 Å². The largest absolute Gasteiger partial charge is 0.447 e. The first-order chi connectivity index (χ1) is 24.3. The van der Waals surface area contributed by atoms with Crippen molar-refractivity contribution in [3.63, 3.8) is 0 Å². The Hall–Kier alpha value is -5.26. The monoisotopic (exact) mass is 751 g/mol. The predicted molar refractivity (Wildman–Crippen MR) is 175 cm³/mol. The molecular formula is C33H32ClF6N9O3. The molecule has 0 bridgehead atoms. The Bertz CT molecular complexity index is 1970. The third-order valence-corrected chi connectivity index (χ3v) is 8.39. The van der Waals surface area contributed by atoms with E-state index < -0.39 is 71.8 Å². The fraction of sp³-hybridized carbons (Fsp3) is 0.364. The van der Waals surface area contributed by atoms with Crippen LogP contribution in [0.2, 0.25) is 5.02 Å². The summed E-state index contributed by atoms with van der Waals surface area (Å²) in [4.78, 5) is 40.0. The summed E-state index contributed by atoms with van der Waals surface area (Å²) in [6.07, 6.45) is -5.65. The Kier molecular flexibility index (Phi) is 10.5. The second-order valence-electron chi connectivity index (χ2n) is 13.1. The van der Waals surface area contributed by atoms with Gasteiger partial charge in [0.25, 0.3) is 12.3 Å². The highest BCUT2D eigenvalue weighted by molar-refractivity contribution is 6.32. The molecule has 1 fully saturated rings. The van der Waals surface area contributed by atoms with Crippen LogP contribution in [0.5, 0.6) is 0 Å². The predicted octanol–water partition coefficient (Wildman–Crippen LogP) is 6.87. The van der Waals surface area contributed by atoms with Gasteiger partial charge >= 0.3 is 12.3 Å². The normalized spacial score (nSPS) is 17.7. The fourth-order valence-electron chi connectivity index (χ4n) is 5.82. The Morgan fingerprint density at radius 2 is 1.79 bits per heavy atom. The number of amides is 2. The number of carbonyl (C=O) groups excluding carboxylic acids is 2. The Morgan fingerprint density at radius 3 is 2.40 bits per heavy atom. The number of rotatable bonds is 10. The highest BCUT2D eigenvalue weighted by Crippen LogP contribution is 2.44. The Morgan fingerprint density at radius 1 is 1.10 bits per heavy atom. The highest BCUT2D eigenvalue weighted by Gasteiger charge is 2.56. The summed E-state index contributed by atoms with van der Waals surface area (Å²) in [5.74, 6) is -2.85. The maximum absolute atomic E-state index is 16.2. The molecule has 3 N–H and O–H groups in total. The molecule has 19 heteroatoms. The molecule has 1 aliphatic rings. The van der Waals surface area contributed by atoms with E-state index >= 15 is 4.39 Å². The summed E-state index contributed by atoms with van der Waals surface area (Å²) in [5, 5.41) is 17.2. The van der Waals surface area contributed by atoms with Crippen LogP contribution in [0.3, 0.4) is 0 Å². The van der Waals surface area contributed by atoms with Gasteiger partial charge in [-0.05, 0) is 48.6 Å². The van der Waals surface area contributed by atoms with Crippen LogP contribution in [0.1, 0.15) is 63.5 Å². The first-order valence-electron chi connectivity index (χ1n) is 15.6. The zero-order valence-corrected chi connectivity index (χ0v) is 28.7. The smallest absolute Gasteiger partial charge is 0.408 e. The van der Waals surface area contributed by atoms with Crippen molar-refractivity contribution in [2.45, 2.75) is 64.3 Å². The van der Waals surface area contributed by atoms with Gasteiger partial charge in [0.15, 0.2) is 17.6 Å². The molecule has 1 aliphatic heterocycles. The Balaban J connectivity index is 1.61. The molecule has 52 heavy (non-hydrogen) atoms. The molecule has 0 radical (unpaired) electrons. The number of halogens is 7. The van der Waals surface area contributed by atoms with Gasteiger partial charge in [-0.15, -0.1) is 0 Å². The third kappa shape index (κ3) is 7.80. The number of alkyl halides is 5. The molecule has 5 rings (SSSR count). The first-order valence-corrected chi connectivity index (χ1v) is 16.0. The van der Waals surface area contributed by atoms with Crippen LogP contribution >= 0.6 is 11.6 Å². The van der Waals surface area contributed by atoms with Gasteiger partial charge in [-0.1, -0.05) is 50.6 Å². The van der Waals surface area contributed by atoms with Crippen molar-refractivity contribution in [3.8, 4) is 17.1 Å². The molecule has 0 aliphatic carbocycles. The number of hydrogen-bond donors (Lipinski definition) is 3. The van der Waals surface area contributed by atoms with Crippen LogP contribution in [0.25, 0.3) is 17.1 Å². The van der Waals surface area contributed by atoms with Crippen molar-refractivity contribution in [1.82, 2.24) is 40.3 Å². The number of ether oxygens (including phenoxy) is 1. The summed E-state index contributed by atoms with van der Waals surface area (Å²) in [5.41, 5.74) is -2.54. The van der Waals surface area contributed by atoms with Gasteiger partial charge in [-0.2, -0.15) is 18.3 Å². The van der Waals surface area contributed by atoms with Gasteiger partial charge in [0.05, 0.1) is 16.8 Å². The summed E-state index contributed by atoms with van der Waals surface area (Å²) < 4.78 is 89.2. The molecule has 2 aromatic carbocycles. The minimum Gasteiger partial charge on any atom is -0.447 e. The second-order valence-corrected chi connectivity index (χ2v) is 13.5. The standard InChI is InChI=1S/C33H32ClF6N9O3/c1-17(33(38,39)40)46-30(51)52-14-24(18-7-9-21(34)23(13-18)49-27(25(36)37)44-16-45-49)48-28(50)32(47-29(48)41,15-31(2,3)4)20-8-6-19(12-22(20)35)26-42-10-5-11-43-26/h5-13,16-17,24-25H,14-15H2,1-4H3,(H2,41,47)(H,46,51)/t17?,24-,32-/m1/s1. The van der Waals surface area contributed by atoms with Gasteiger partial charge in [-0.25, -0.2) is 37.6 Å². The number of alkyl carbamates (subject to hydrolysis) is 1. The minimum atomic E-state index is -4.81. The summed E-state index contributed by atoms with van der Waals surface area (Å²) >= 11 is 6.36. The average Bonchev–Trinajstić information content (AvgIpc) is 3.64. The van der Waals surface area contributed by atoms with Crippen molar-refractivity contribution < 1.29 is 40.7 Å². The molecule has 2 amide bonds. The van der Waals surface area contributed by atoms with E-state index in [0.717, 1.165) is 22.0 Å². The number of hydrogen-bond acceptors (Lipinski definition) is 8. The number of nitrogens with one attached hydrogen (secondary N) is 3. The van der Waals surface area contributed by atoms with Gasteiger partial charge in [0.1, 0.15) is 30.3 Å². The van der Waals surface area contributed by atoms with Crippen molar-refractivity contribution >= 4 is 29.6 Å². The van der Waals surface area contributed by atoms with E-state index in [0.29, 0.717) is 12.5 Å². The Labute approximate surface area is 298 Å². The average molecular weight is 752 g/mol. The van der Waals surface area contributed by atoms with E-state index in [9.17, 15) is 31.5 Å². The van der Waals surface area contributed by atoms with Crippen LogP contribution in [0, 0.1) is 16.6 Å². The molecule has 2 aromatic heterocycles. The number of benzene rings is 2. The lowest BCUT2D eigenvalue weighted by atomic mass is 9.75. The van der Waals surface area contributed by atoms with E-state index in [-0.39, 0.29) is 34.1 Å². The third-order valence-electron chi connectivity index (χ3n) is 8.07. The fourth-order valence-corrected chi connectivity index (χ4v) is 6.02. The quantitative estimate of drug-likeness (QED) is 0.149. The van der Waals surface area contributed by atoms with E-state index in [1.807, 2.05) is 0 Å². The van der Waals surface area contributed by atoms with Gasteiger partial charge in [-0.3, -0.25) is 15.1 Å². The van der Waals surface area contributed by atoms with Crippen LogP contribution < -0.4 is 10.6 Å².